The lowest BCUT2D eigenvalue weighted by molar-refractivity contribution is 0.276. The molecule has 3 heterocycles. The molecular formula is C25H26N6OS. The van der Waals surface area contributed by atoms with Gasteiger partial charge in [0.2, 0.25) is 0 Å². The van der Waals surface area contributed by atoms with E-state index in [0.29, 0.717) is 29.7 Å². The molecule has 0 aromatic carbocycles. The van der Waals surface area contributed by atoms with Crippen molar-refractivity contribution >= 4 is 21.8 Å². The molecule has 33 heavy (non-hydrogen) atoms. The average molecular weight is 459 g/mol. The topological polar surface area (TPSA) is 100 Å². The van der Waals surface area contributed by atoms with Crippen LogP contribution in [0.2, 0.25) is 0 Å². The van der Waals surface area contributed by atoms with Crippen molar-refractivity contribution in [2.24, 2.45) is 5.92 Å². The van der Waals surface area contributed by atoms with Gasteiger partial charge >= 0.3 is 0 Å². The molecule has 1 N–H and O–H groups in total. The summed E-state index contributed by atoms with van der Waals surface area (Å²) in [5.74, 6) is 1.10. The zero-order valence-corrected chi connectivity index (χ0v) is 19.4. The lowest BCUT2D eigenvalue weighted by Crippen LogP contribution is -2.22. The number of aromatic amines is 1. The minimum Gasteiger partial charge on any atom is -0.346 e. The maximum absolute atomic E-state index is 13.0. The number of hydrogen-bond donors (Lipinski definition) is 1. The Kier molecular flexibility index (Phi) is 6.05. The number of rotatable bonds is 5. The van der Waals surface area contributed by atoms with Crippen LogP contribution in [0.15, 0.2) is 65.3 Å². The van der Waals surface area contributed by atoms with Gasteiger partial charge < -0.3 is 4.98 Å². The fourth-order valence-electron chi connectivity index (χ4n) is 4.72. The standard InChI is InChI=1S/C25H26N6OS/c1-17-3-2-4-22(11-19(17)12-26)33(32)15-18-5-7-21(8-6-18)31-14-20(13-30-31)24-23-9-10-27-25(23)29-16-28-24/h2-4,9-10,13-14,16,18,21H,5-8,11,15H2,1H3,(H,27,28,29). The summed E-state index contributed by atoms with van der Waals surface area (Å²) >= 11 is 0. The van der Waals surface area contributed by atoms with Crippen LogP contribution < -0.4 is 0 Å². The molecule has 1 fully saturated rings. The average Bonchev–Trinajstić information content (AvgIpc) is 3.47. The van der Waals surface area contributed by atoms with Crippen molar-refractivity contribution in [2.75, 3.05) is 5.75 Å². The molecule has 5 rings (SSSR count). The van der Waals surface area contributed by atoms with Crippen molar-refractivity contribution in [1.29, 1.82) is 5.26 Å². The van der Waals surface area contributed by atoms with Crippen LogP contribution in [0.4, 0.5) is 0 Å². The first-order valence-electron chi connectivity index (χ1n) is 11.3. The third kappa shape index (κ3) is 4.46. The van der Waals surface area contributed by atoms with E-state index in [1.807, 2.05) is 43.6 Å². The molecule has 7 nitrogen and oxygen atoms in total. The Balaban J connectivity index is 1.20. The van der Waals surface area contributed by atoms with E-state index in [0.717, 1.165) is 58.5 Å². The van der Waals surface area contributed by atoms with Crippen molar-refractivity contribution in [1.82, 2.24) is 24.7 Å². The molecule has 1 atom stereocenters. The third-order valence-electron chi connectivity index (χ3n) is 6.69. The highest BCUT2D eigenvalue weighted by molar-refractivity contribution is 7.89. The molecule has 3 aromatic heterocycles. The summed E-state index contributed by atoms with van der Waals surface area (Å²) in [4.78, 5) is 12.7. The molecule has 0 radical (unpaired) electrons. The van der Waals surface area contributed by atoms with Gasteiger partial charge in [-0.3, -0.25) is 8.89 Å². The molecule has 0 spiro atoms. The van der Waals surface area contributed by atoms with Crippen LogP contribution in [0.5, 0.6) is 0 Å². The smallest absolute Gasteiger partial charge is 0.141 e. The summed E-state index contributed by atoms with van der Waals surface area (Å²) < 4.78 is 15.1. The second-order valence-corrected chi connectivity index (χ2v) is 10.3. The third-order valence-corrected chi connectivity index (χ3v) is 8.33. The molecule has 168 valence electrons. The molecular weight excluding hydrogens is 432 g/mol. The lowest BCUT2D eigenvalue weighted by Gasteiger charge is -2.28. The van der Waals surface area contributed by atoms with Gasteiger partial charge in [-0.1, -0.05) is 12.2 Å². The predicted molar refractivity (Wildman–Crippen MR) is 129 cm³/mol. The van der Waals surface area contributed by atoms with Crippen molar-refractivity contribution in [2.45, 2.75) is 45.1 Å². The first kappa shape index (κ1) is 21.5. The van der Waals surface area contributed by atoms with Crippen LogP contribution in [0.25, 0.3) is 22.3 Å². The van der Waals surface area contributed by atoms with Crippen molar-refractivity contribution in [3.05, 3.63) is 65.3 Å². The minimum absolute atomic E-state index is 0.350. The quantitative estimate of drug-likeness (QED) is 0.581. The van der Waals surface area contributed by atoms with E-state index in [4.69, 9.17) is 0 Å². The Labute approximate surface area is 195 Å². The Morgan fingerprint density at radius 2 is 2.12 bits per heavy atom. The van der Waals surface area contributed by atoms with Crippen LogP contribution in [0, 0.1) is 17.2 Å². The second kappa shape index (κ2) is 9.28. The lowest BCUT2D eigenvalue weighted by atomic mass is 9.87. The Hall–Kier alpha value is -3.31. The summed E-state index contributed by atoms with van der Waals surface area (Å²) in [7, 11) is -1.05. The molecule has 1 saturated carbocycles. The van der Waals surface area contributed by atoms with Crippen LogP contribution in [-0.2, 0) is 10.8 Å². The SMILES string of the molecule is CC1=C(C#N)CC(S(=O)CC2CCC(n3cc(-c4ncnc5[nH]ccc45)cn3)CC2)=CC=C1. The van der Waals surface area contributed by atoms with E-state index in [2.05, 4.69) is 37.0 Å². The number of fused-ring (bicyclic) bond motifs is 1. The summed E-state index contributed by atoms with van der Waals surface area (Å²) in [5.41, 5.74) is 4.38. The monoisotopic (exact) mass is 458 g/mol. The number of hydrogen-bond acceptors (Lipinski definition) is 5. The van der Waals surface area contributed by atoms with Gasteiger partial charge in [-0.25, -0.2) is 9.97 Å². The number of nitrogens with one attached hydrogen (secondary N) is 1. The van der Waals surface area contributed by atoms with Gasteiger partial charge in [-0.05, 0) is 56.2 Å². The van der Waals surface area contributed by atoms with Gasteiger partial charge in [-0.15, -0.1) is 0 Å². The summed E-state index contributed by atoms with van der Waals surface area (Å²) in [6, 6.07) is 4.60. The summed E-state index contributed by atoms with van der Waals surface area (Å²) in [5, 5.41) is 15.0. The Morgan fingerprint density at radius 3 is 2.94 bits per heavy atom. The van der Waals surface area contributed by atoms with E-state index in [1.54, 1.807) is 6.33 Å². The molecule has 0 aliphatic heterocycles. The van der Waals surface area contributed by atoms with Gasteiger partial charge in [0, 0.05) is 56.8 Å². The first-order valence-corrected chi connectivity index (χ1v) is 12.6. The normalized spacial score (nSPS) is 22.1. The predicted octanol–water partition coefficient (Wildman–Crippen LogP) is 4.99. The van der Waals surface area contributed by atoms with Gasteiger partial charge in [-0.2, -0.15) is 10.4 Å². The first-order chi connectivity index (χ1) is 16.1. The van der Waals surface area contributed by atoms with Gasteiger partial charge in [0.05, 0.1) is 24.0 Å². The van der Waals surface area contributed by atoms with E-state index in [-0.39, 0.29) is 0 Å². The fraction of sp³-hybridized carbons (Fsp3) is 0.360. The van der Waals surface area contributed by atoms with Crippen molar-refractivity contribution < 1.29 is 4.21 Å². The van der Waals surface area contributed by atoms with Crippen LogP contribution in [0.3, 0.4) is 0 Å². The molecule has 3 aromatic rings. The highest BCUT2D eigenvalue weighted by Crippen LogP contribution is 2.35. The van der Waals surface area contributed by atoms with Crippen LogP contribution >= 0.6 is 0 Å². The number of H-pyrrole nitrogens is 1. The maximum atomic E-state index is 13.0. The molecule has 8 heteroatoms. The molecule has 1 unspecified atom stereocenters. The highest BCUT2D eigenvalue weighted by Gasteiger charge is 2.26. The largest absolute Gasteiger partial charge is 0.346 e. The molecule has 2 aliphatic carbocycles. The number of nitrogens with zero attached hydrogens (tertiary/aromatic N) is 5. The Morgan fingerprint density at radius 1 is 1.27 bits per heavy atom. The number of nitriles is 1. The minimum atomic E-state index is -1.05. The summed E-state index contributed by atoms with van der Waals surface area (Å²) in [6.07, 6.45) is 17.8. The van der Waals surface area contributed by atoms with Crippen molar-refractivity contribution in [3.63, 3.8) is 0 Å². The van der Waals surface area contributed by atoms with Crippen LogP contribution in [0.1, 0.15) is 45.1 Å². The van der Waals surface area contributed by atoms with Crippen LogP contribution in [-0.4, -0.2) is 34.7 Å². The zero-order valence-electron chi connectivity index (χ0n) is 18.6. The van der Waals surface area contributed by atoms with E-state index in [1.165, 1.54) is 0 Å². The number of aromatic nitrogens is 5. The van der Waals surface area contributed by atoms with E-state index >= 15 is 0 Å². The molecule has 0 bridgehead atoms. The molecule has 0 amide bonds. The summed E-state index contributed by atoms with van der Waals surface area (Å²) in [6.45, 7) is 1.93. The van der Waals surface area contributed by atoms with Crippen molar-refractivity contribution in [3.8, 4) is 17.3 Å². The molecule has 2 aliphatic rings. The zero-order chi connectivity index (χ0) is 22.8. The van der Waals surface area contributed by atoms with Gasteiger partial charge in [0.15, 0.2) is 0 Å². The second-order valence-electron chi connectivity index (χ2n) is 8.80. The number of allylic oxidation sites excluding steroid dienone is 6. The highest BCUT2D eigenvalue weighted by atomic mass is 32.2. The van der Waals surface area contributed by atoms with E-state index < -0.39 is 10.8 Å². The Bertz CT molecular complexity index is 1330. The fourth-order valence-corrected chi connectivity index (χ4v) is 6.23. The van der Waals surface area contributed by atoms with Gasteiger partial charge in [0.1, 0.15) is 12.0 Å². The maximum Gasteiger partial charge on any atom is 0.141 e. The molecule has 0 saturated heterocycles. The van der Waals surface area contributed by atoms with Gasteiger partial charge in [0.25, 0.3) is 0 Å². The van der Waals surface area contributed by atoms with E-state index in [9.17, 15) is 9.47 Å².